The second kappa shape index (κ2) is 3.74. The van der Waals surface area contributed by atoms with Crippen molar-refractivity contribution in [1.29, 1.82) is 5.26 Å². The van der Waals surface area contributed by atoms with Crippen LogP contribution in [-0.4, -0.2) is 5.38 Å². The predicted molar refractivity (Wildman–Crippen MR) is 34.7 cm³/mol. The average Bonchev–Trinajstić information content (AvgIpc) is 1.65. The molecule has 0 saturated heterocycles. The van der Waals surface area contributed by atoms with Gasteiger partial charge < -0.3 is 0 Å². The second-order valence-electron chi connectivity index (χ2n) is 2.05. The van der Waals surface area contributed by atoms with Crippen molar-refractivity contribution < 1.29 is 0 Å². The number of alkyl halides is 1. The normalized spacial score (nSPS) is 16.8. The van der Waals surface area contributed by atoms with Crippen LogP contribution in [0.3, 0.4) is 0 Å². The van der Waals surface area contributed by atoms with Gasteiger partial charge in [-0.2, -0.15) is 5.26 Å². The van der Waals surface area contributed by atoms with Gasteiger partial charge in [0.05, 0.1) is 6.07 Å². The number of nitrogens with zero attached hydrogens (tertiary/aromatic N) is 1. The molecule has 8 heavy (non-hydrogen) atoms. The fraction of sp³-hybridized carbons (Fsp3) is 0.833. The maximum Gasteiger partial charge on any atom is 0.0653 e. The lowest BCUT2D eigenvalue weighted by atomic mass is 10.1. The monoisotopic (exact) mass is 131 g/mol. The van der Waals surface area contributed by atoms with Crippen molar-refractivity contribution in [2.45, 2.75) is 25.6 Å². The van der Waals surface area contributed by atoms with Crippen LogP contribution >= 0.6 is 11.6 Å². The summed E-state index contributed by atoms with van der Waals surface area (Å²) in [7, 11) is 0. The van der Waals surface area contributed by atoms with Gasteiger partial charge in [0.15, 0.2) is 0 Å². The molecule has 0 N–H and O–H groups in total. The molecule has 2 heteroatoms. The van der Waals surface area contributed by atoms with Crippen LogP contribution in [-0.2, 0) is 0 Å². The SMILES string of the molecule is CC(Cl)CC(C)C#N. The van der Waals surface area contributed by atoms with Gasteiger partial charge in [-0.05, 0) is 20.3 Å². The molecule has 0 amide bonds. The van der Waals surface area contributed by atoms with E-state index in [-0.39, 0.29) is 11.3 Å². The molecule has 2 unspecified atom stereocenters. The minimum atomic E-state index is 0.0995. The van der Waals surface area contributed by atoms with Crippen molar-refractivity contribution >= 4 is 11.6 Å². The summed E-state index contributed by atoms with van der Waals surface area (Å²) in [5.74, 6) is 0.0995. The average molecular weight is 132 g/mol. The van der Waals surface area contributed by atoms with Gasteiger partial charge in [0.1, 0.15) is 0 Å². The van der Waals surface area contributed by atoms with Crippen molar-refractivity contribution in [3.05, 3.63) is 0 Å². The van der Waals surface area contributed by atoms with Crippen LogP contribution in [0.1, 0.15) is 20.3 Å². The molecule has 0 rings (SSSR count). The van der Waals surface area contributed by atoms with Gasteiger partial charge in [0, 0.05) is 11.3 Å². The first-order valence-corrected chi connectivity index (χ1v) is 3.14. The van der Waals surface area contributed by atoms with Crippen molar-refractivity contribution in [2.24, 2.45) is 5.92 Å². The molecular weight excluding hydrogens is 122 g/mol. The quantitative estimate of drug-likeness (QED) is 0.527. The molecular formula is C6H10ClN. The molecule has 0 spiro atoms. The molecule has 0 bridgehead atoms. The summed E-state index contributed by atoms with van der Waals surface area (Å²) in [6, 6.07) is 2.11. The molecule has 1 nitrogen and oxygen atoms in total. The molecule has 0 radical (unpaired) electrons. The van der Waals surface area contributed by atoms with Crippen molar-refractivity contribution in [2.75, 3.05) is 0 Å². The van der Waals surface area contributed by atoms with E-state index in [1.807, 2.05) is 13.8 Å². The van der Waals surface area contributed by atoms with Gasteiger partial charge in [0.25, 0.3) is 0 Å². The Balaban J connectivity index is 3.28. The molecule has 0 heterocycles. The Kier molecular flexibility index (Phi) is 3.64. The lowest BCUT2D eigenvalue weighted by Gasteiger charge is -2.01. The molecule has 0 aromatic rings. The van der Waals surface area contributed by atoms with E-state index in [2.05, 4.69) is 6.07 Å². The third-order valence-electron chi connectivity index (χ3n) is 0.899. The Morgan fingerprint density at radius 1 is 1.62 bits per heavy atom. The van der Waals surface area contributed by atoms with Crippen molar-refractivity contribution in [1.82, 2.24) is 0 Å². The zero-order valence-corrected chi connectivity index (χ0v) is 5.94. The van der Waals surface area contributed by atoms with Gasteiger partial charge in [-0.1, -0.05) is 0 Å². The lowest BCUT2D eigenvalue weighted by molar-refractivity contribution is 0.652. The molecule has 0 aromatic carbocycles. The summed E-state index contributed by atoms with van der Waals surface area (Å²) in [6.45, 7) is 3.77. The highest BCUT2D eigenvalue weighted by Crippen LogP contribution is 2.08. The van der Waals surface area contributed by atoms with E-state index in [4.69, 9.17) is 16.9 Å². The van der Waals surface area contributed by atoms with Crippen LogP contribution in [0.5, 0.6) is 0 Å². The van der Waals surface area contributed by atoms with Crippen molar-refractivity contribution in [3.8, 4) is 6.07 Å². The number of halogens is 1. The Bertz CT molecular complexity index is 93.2. The molecule has 2 atom stereocenters. The van der Waals surface area contributed by atoms with E-state index in [1.54, 1.807) is 0 Å². The zero-order chi connectivity index (χ0) is 6.57. The topological polar surface area (TPSA) is 23.8 Å². The Morgan fingerprint density at radius 2 is 2.12 bits per heavy atom. The summed E-state index contributed by atoms with van der Waals surface area (Å²) in [5.41, 5.74) is 0. The zero-order valence-electron chi connectivity index (χ0n) is 5.19. The summed E-state index contributed by atoms with van der Waals surface area (Å²) < 4.78 is 0. The highest BCUT2D eigenvalue weighted by molar-refractivity contribution is 6.20. The largest absolute Gasteiger partial charge is 0.198 e. The molecule has 0 aliphatic heterocycles. The van der Waals surface area contributed by atoms with Gasteiger partial charge in [0.2, 0.25) is 0 Å². The third-order valence-corrected chi connectivity index (χ3v) is 1.08. The van der Waals surface area contributed by atoms with Crippen LogP contribution in [0.25, 0.3) is 0 Å². The number of hydrogen-bond acceptors (Lipinski definition) is 1. The van der Waals surface area contributed by atoms with Gasteiger partial charge >= 0.3 is 0 Å². The van der Waals surface area contributed by atoms with Crippen LogP contribution < -0.4 is 0 Å². The molecule has 0 saturated carbocycles. The minimum Gasteiger partial charge on any atom is -0.198 e. The Morgan fingerprint density at radius 3 is 2.25 bits per heavy atom. The molecule has 0 aliphatic carbocycles. The van der Waals surface area contributed by atoms with Crippen LogP contribution in [0.4, 0.5) is 0 Å². The van der Waals surface area contributed by atoms with Gasteiger partial charge in [-0.25, -0.2) is 0 Å². The molecule has 46 valence electrons. The Hall–Kier alpha value is -0.220. The first-order chi connectivity index (χ1) is 3.66. The maximum absolute atomic E-state index is 8.28. The summed E-state index contributed by atoms with van der Waals surface area (Å²) in [6.07, 6.45) is 0.790. The highest BCUT2D eigenvalue weighted by atomic mass is 35.5. The fourth-order valence-electron chi connectivity index (χ4n) is 0.540. The molecule has 0 fully saturated rings. The Labute approximate surface area is 55.3 Å². The van der Waals surface area contributed by atoms with E-state index in [0.29, 0.717) is 0 Å². The molecule has 0 aliphatic rings. The van der Waals surface area contributed by atoms with E-state index in [9.17, 15) is 0 Å². The first kappa shape index (κ1) is 7.78. The predicted octanol–water partition coefficient (Wildman–Crippen LogP) is 2.16. The number of rotatable bonds is 2. The summed E-state index contributed by atoms with van der Waals surface area (Å²) in [4.78, 5) is 0. The smallest absolute Gasteiger partial charge is 0.0653 e. The lowest BCUT2D eigenvalue weighted by Crippen LogP contribution is -1.98. The summed E-state index contributed by atoms with van der Waals surface area (Å²) >= 11 is 5.60. The third kappa shape index (κ3) is 3.95. The van der Waals surface area contributed by atoms with Crippen LogP contribution in [0, 0.1) is 17.2 Å². The van der Waals surface area contributed by atoms with Crippen molar-refractivity contribution in [3.63, 3.8) is 0 Å². The van der Waals surface area contributed by atoms with E-state index >= 15 is 0 Å². The fourth-order valence-corrected chi connectivity index (χ4v) is 0.807. The highest BCUT2D eigenvalue weighted by Gasteiger charge is 2.02. The minimum absolute atomic E-state index is 0.0995. The summed E-state index contributed by atoms with van der Waals surface area (Å²) in [5, 5.41) is 8.40. The standard InChI is InChI=1S/C6H10ClN/c1-5(4-8)3-6(2)7/h5-6H,3H2,1-2H3. The van der Waals surface area contributed by atoms with E-state index in [1.165, 1.54) is 0 Å². The van der Waals surface area contributed by atoms with E-state index in [0.717, 1.165) is 6.42 Å². The number of hydrogen-bond donors (Lipinski definition) is 0. The van der Waals surface area contributed by atoms with Crippen LogP contribution in [0.2, 0.25) is 0 Å². The first-order valence-electron chi connectivity index (χ1n) is 2.70. The van der Waals surface area contributed by atoms with Crippen LogP contribution in [0.15, 0.2) is 0 Å². The second-order valence-corrected chi connectivity index (χ2v) is 2.79. The number of nitriles is 1. The maximum atomic E-state index is 8.28. The van der Waals surface area contributed by atoms with E-state index < -0.39 is 0 Å². The van der Waals surface area contributed by atoms with Gasteiger partial charge in [-0.15, -0.1) is 11.6 Å². The molecule has 0 aromatic heterocycles. The van der Waals surface area contributed by atoms with Gasteiger partial charge in [-0.3, -0.25) is 0 Å².